The number of terminal acetylenes is 1. The summed E-state index contributed by atoms with van der Waals surface area (Å²) in [5.74, 6) is 1.37. The third kappa shape index (κ3) is 5.26. The molecule has 2 aliphatic heterocycles. The summed E-state index contributed by atoms with van der Waals surface area (Å²) in [4.78, 5) is 18.9. The number of methoxy groups -OCH3 is 1. The molecule has 1 N–H and O–H groups in total. The molecule has 9 nitrogen and oxygen atoms in total. The Kier molecular flexibility index (Phi) is 7.96. The van der Waals surface area contributed by atoms with Gasteiger partial charge < -0.3 is 24.2 Å². The van der Waals surface area contributed by atoms with Crippen molar-refractivity contribution in [1.29, 1.82) is 0 Å². The Bertz CT molecular complexity index is 1940. The molecule has 48 heavy (non-hydrogen) atoms. The number of halogens is 2. The molecular formula is C37H39F2N5O4. The molecule has 4 aliphatic rings. The Labute approximate surface area is 278 Å². The average molecular weight is 656 g/mol. The molecule has 0 bridgehead atoms. The summed E-state index contributed by atoms with van der Waals surface area (Å²) < 4.78 is 50.1. The van der Waals surface area contributed by atoms with Crippen LogP contribution in [0, 0.1) is 29.4 Å². The maximum absolute atomic E-state index is 17.1. The van der Waals surface area contributed by atoms with Crippen LogP contribution in [-0.2, 0) is 4.74 Å². The summed E-state index contributed by atoms with van der Waals surface area (Å²) in [6, 6.07) is 6.74. The van der Waals surface area contributed by atoms with Gasteiger partial charge in [0.15, 0.2) is 5.82 Å². The number of ether oxygens (including phenoxy) is 3. The van der Waals surface area contributed by atoms with Gasteiger partial charge in [0.2, 0.25) is 5.88 Å². The molecule has 0 amide bonds. The first-order valence-corrected chi connectivity index (χ1v) is 17.0. The number of phenolic OH excluding ortho intramolecular Hbond substituents is 1. The highest BCUT2D eigenvalue weighted by Gasteiger charge is 2.51. The highest BCUT2D eigenvalue weighted by atomic mass is 19.1. The number of benzene rings is 2. The van der Waals surface area contributed by atoms with Crippen LogP contribution < -0.4 is 14.4 Å². The summed E-state index contributed by atoms with van der Waals surface area (Å²) in [7, 11) is 1.45. The highest BCUT2D eigenvalue weighted by Crippen LogP contribution is 2.51. The summed E-state index contributed by atoms with van der Waals surface area (Å²) in [5, 5.41) is 11.6. The molecule has 2 aromatic carbocycles. The third-order valence-electron chi connectivity index (χ3n) is 10.7. The molecule has 2 saturated heterocycles. The molecule has 4 heterocycles. The SMILES string of the molecule is C#Cc1c(F)ccc2cc(O)cc(-c3nc(OC)c4c(N5CCCOCC5)nc(OC[C@]56CCC[C@H]5N(C5CC5)CCC6)nc4c3F)c12. The van der Waals surface area contributed by atoms with Crippen molar-refractivity contribution in [1.82, 2.24) is 19.9 Å². The van der Waals surface area contributed by atoms with Gasteiger partial charge in [0.05, 0.1) is 25.9 Å². The minimum atomic E-state index is -0.779. The van der Waals surface area contributed by atoms with Crippen LogP contribution in [0.5, 0.6) is 17.6 Å². The Morgan fingerprint density at radius 1 is 1.02 bits per heavy atom. The van der Waals surface area contributed by atoms with Crippen LogP contribution in [0.1, 0.15) is 56.9 Å². The van der Waals surface area contributed by atoms with Crippen molar-refractivity contribution in [2.75, 3.05) is 51.5 Å². The van der Waals surface area contributed by atoms with Gasteiger partial charge in [-0.05, 0) is 75.1 Å². The van der Waals surface area contributed by atoms with E-state index in [0.717, 1.165) is 45.1 Å². The summed E-state index contributed by atoms with van der Waals surface area (Å²) >= 11 is 0. The van der Waals surface area contributed by atoms with Crippen molar-refractivity contribution < 1.29 is 28.1 Å². The fourth-order valence-corrected chi connectivity index (χ4v) is 8.42. The number of hydrogen-bond donors (Lipinski definition) is 1. The highest BCUT2D eigenvalue weighted by molar-refractivity contribution is 6.04. The predicted molar refractivity (Wildman–Crippen MR) is 179 cm³/mol. The van der Waals surface area contributed by atoms with Crippen LogP contribution in [0.4, 0.5) is 14.6 Å². The number of likely N-dealkylation sites (tertiary alicyclic amines) is 1. The number of anilines is 1. The van der Waals surface area contributed by atoms with Crippen molar-refractivity contribution in [2.24, 2.45) is 5.41 Å². The number of nitrogens with zero attached hydrogens (tertiary/aromatic N) is 5. The van der Waals surface area contributed by atoms with Gasteiger partial charge in [-0.1, -0.05) is 18.4 Å². The molecule has 4 aromatic rings. The zero-order valence-corrected chi connectivity index (χ0v) is 27.1. The predicted octanol–water partition coefficient (Wildman–Crippen LogP) is 6.22. The van der Waals surface area contributed by atoms with Crippen molar-refractivity contribution in [3.63, 3.8) is 0 Å². The van der Waals surface area contributed by atoms with Crippen LogP contribution in [0.2, 0.25) is 0 Å². The lowest BCUT2D eigenvalue weighted by molar-refractivity contribution is -0.00466. The van der Waals surface area contributed by atoms with E-state index in [4.69, 9.17) is 30.6 Å². The first-order chi connectivity index (χ1) is 23.4. The number of rotatable bonds is 7. The van der Waals surface area contributed by atoms with Crippen LogP contribution >= 0.6 is 0 Å². The molecule has 0 radical (unpaired) electrons. The van der Waals surface area contributed by atoms with E-state index in [1.165, 1.54) is 44.2 Å². The first-order valence-electron chi connectivity index (χ1n) is 17.0. The van der Waals surface area contributed by atoms with Crippen molar-refractivity contribution in [3.8, 4) is 41.2 Å². The van der Waals surface area contributed by atoms with E-state index in [2.05, 4.69) is 15.8 Å². The standard InChI is InChI=1S/C37H39F2N5O4/c1-3-25-27(38)11-8-22-19-24(45)20-26(29(22)25)32-31(39)33-30(35(40-32)46-2)34(43-14-6-17-47-18-16-43)42-36(41-33)48-21-37-12-4-7-28(37)44(15-5-13-37)23-9-10-23/h1,8,11,19-20,23,28,45H,4-7,9-10,12-18,21H2,2H3/t28-,37-/m1/s1. The second-order valence-electron chi connectivity index (χ2n) is 13.6. The number of pyridine rings is 1. The van der Waals surface area contributed by atoms with Crippen molar-refractivity contribution in [3.05, 3.63) is 41.5 Å². The minimum absolute atomic E-state index is 0.00554. The van der Waals surface area contributed by atoms with Gasteiger partial charge in [0.1, 0.15) is 34.0 Å². The van der Waals surface area contributed by atoms with Crippen molar-refractivity contribution >= 4 is 27.5 Å². The van der Waals surface area contributed by atoms with Crippen LogP contribution in [0.25, 0.3) is 32.9 Å². The molecule has 2 saturated carbocycles. The van der Waals surface area contributed by atoms with Gasteiger partial charge in [-0.3, -0.25) is 4.90 Å². The number of piperidine rings is 1. The van der Waals surface area contributed by atoms with Gasteiger partial charge >= 0.3 is 6.01 Å². The first kappa shape index (κ1) is 31.0. The number of aromatic hydroxyl groups is 1. The van der Waals surface area contributed by atoms with Gasteiger partial charge in [-0.15, -0.1) is 6.42 Å². The molecule has 0 unspecified atom stereocenters. The number of fused-ring (bicyclic) bond motifs is 3. The van der Waals surface area contributed by atoms with E-state index < -0.39 is 11.6 Å². The Morgan fingerprint density at radius 3 is 2.69 bits per heavy atom. The summed E-state index contributed by atoms with van der Waals surface area (Å²) in [5.41, 5.74) is -0.153. The van der Waals surface area contributed by atoms with Crippen LogP contribution in [-0.4, -0.2) is 83.6 Å². The lowest BCUT2D eigenvalue weighted by atomic mass is 9.75. The molecule has 11 heteroatoms. The lowest BCUT2D eigenvalue weighted by Gasteiger charge is -2.46. The van der Waals surface area contributed by atoms with Crippen molar-refractivity contribution in [2.45, 2.75) is 63.5 Å². The maximum atomic E-state index is 17.1. The monoisotopic (exact) mass is 655 g/mol. The largest absolute Gasteiger partial charge is 0.508 e. The fraction of sp³-hybridized carbons (Fsp3) is 0.486. The van der Waals surface area contributed by atoms with E-state index in [1.54, 1.807) is 0 Å². The molecule has 0 spiro atoms. The second kappa shape index (κ2) is 12.3. The minimum Gasteiger partial charge on any atom is -0.508 e. The third-order valence-corrected chi connectivity index (χ3v) is 10.7. The van der Waals surface area contributed by atoms with Gasteiger partial charge in [0, 0.05) is 48.1 Å². The van der Waals surface area contributed by atoms with Gasteiger partial charge in [0.25, 0.3) is 0 Å². The smallest absolute Gasteiger partial charge is 0.319 e. The molecule has 4 fully saturated rings. The second-order valence-corrected chi connectivity index (χ2v) is 13.6. The van der Waals surface area contributed by atoms with Gasteiger partial charge in [-0.25, -0.2) is 13.8 Å². The number of hydrogen-bond acceptors (Lipinski definition) is 9. The summed E-state index contributed by atoms with van der Waals surface area (Å²) in [6.07, 6.45) is 14.7. The molecule has 2 aliphatic carbocycles. The quantitative estimate of drug-likeness (QED) is 0.233. The van der Waals surface area contributed by atoms with E-state index in [0.29, 0.717) is 61.6 Å². The topological polar surface area (TPSA) is 93.1 Å². The molecule has 8 rings (SSSR count). The normalized spacial score (nSPS) is 23.2. The lowest BCUT2D eigenvalue weighted by Crippen LogP contribution is -2.52. The average Bonchev–Trinajstić information content (AvgIpc) is 3.90. The van der Waals surface area contributed by atoms with E-state index in [-0.39, 0.29) is 50.8 Å². The van der Waals surface area contributed by atoms with E-state index in [9.17, 15) is 9.50 Å². The van der Waals surface area contributed by atoms with Crippen LogP contribution in [0.15, 0.2) is 24.3 Å². The summed E-state index contributed by atoms with van der Waals surface area (Å²) in [6.45, 7) is 3.84. The molecule has 250 valence electrons. The zero-order chi connectivity index (χ0) is 33.0. The van der Waals surface area contributed by atoms with Crippen LogP contribution in [0.3, 0.4) is 0 Å². The molecule has 2 aromatic heterocycles. The molecule has 2 atom stereocenters. The molecular weight excluding hydrogens is 616 g/mol. The Hall–Kier alpha value is -4.27. The zero-order valence-electron chi connectivity index (χ0n) is 27.1. The number of phenols is 1. The number of aromatic nitrogens is 3. The maximum Gasteiger partial charge on any atom is 0.319 e. The Morgan fingerprint density at radius 2 is 1.88 bits per heavy atom. The van der Waals surface area contributed by atoms with E-state index in [1.807, 2.05) is 4.90 Å². The fourth-order valence-electron chi connectivity index (χ4n) is 8.42. The van der Waals surface area contributed by atoms with Gasteiger partial charge in [-0.2, -0.15) is 9.97 Å². The van der Waals surface area contributed by atoms with E-state index >= 15 is 4.39 Å². The Balaban J connectivity index is 1.29.